The van der Waals surface area contributed by atoms with Gasteiger partial charge in [0.2, 0.25) is 6.79 Å². The third kappa shape index (κ3) is 2.14. The predicted molar refractivity (Wildman–Crippen MR) is 81.6 cm³/mol. The van der Waals surface area contributed by atoms with Crippen LogP contribution in [0.2, 0.25) is 0 Å². The summed E-state index contributed by atoms with van der Waals surface area (Å²) >= 11 is 0. The van der Waals surface area contributed by atoms with Gasteiger partial charge in [0, 0.05) is 29.4 Å². The molecule has 0 radical (unpaired) electrons. The van der Waals surface area contributed by atoms with Crippen LogP contribution < -0.4 is 14.8 Å². The normalized spacial score (nSPS) is 12.6. The van der Waals surface area contributed by atoms with Gasteiger partial charge in [-0.25, -0.2) is 0 Å². The van der Waals surface area contributed by atoms with Gasteiger partial charge in [-0.05, 0) is 30.3 Å². The zero-order valence-corrected chi connectivity index (χ0v) is 11.4. The molecule has 0 amide bonds. The lowest BCUT2D eigenvalue weighted by Gasteiger charge is -2.11. The second kappa shape index (κ2) is 4.98. The van der Waals surface area contributed by atoms with Gasteiger partial charge >= 0.3 is 0 Å². The van der Waals surface area contributed by atoms with E-state index in [1.165, 1.54) is 0 Å². The summed E-state index contributed by atoms with van der Waals surface area (Å²) in [5, 5.41) is 4.57. The average molecular weight is 278 g/mol. The van der Waals surface area contributed by atoms with Crippen molar-refractivity contribution >= 4 is 16.6 Å². The molecule has 2 aromatic carbocycles. The number of nitrogens with zero attached hydrogens (tertiary/aromatic N) is 1. The Morgan fingerprint density at radius 1 is 1.00 bits per heavy atom. The summed E-state index contributed by atoms with van der Waals surface area (Å²) < 4.78 is 10.9. The van der Waals surface area contributed by atoms with Gasteiger partial charge in [-0.3, -0.25) is 4.98 Å². The molecular weight excluding hydrogens is 264 g/mol. The van der Waals surface area contributed by atoms with Crippen molar-refractivity contribution in [2.24, 2.45) is 0 Å². The van der Waals surface area contributed by atoms with Crippen molar-refractivity contribution in [3.05, 3.63) is 60.3 Å². The maximum absolute atomic E-state index is 5.53. The molecule has 0 fully saturated rings. The lowest BCUT2D eigenvalue weighted by molar-refractivity contribution is 0.173. The molecule has 1 aliphatic heterocycles. The van der Waals surface area contributed by atoms with Gasteiger partial charge in [0.1, 0.15) is 0 Å². The number of fused-ring (bicyclic) bond motifs is 2. The first-order valence-corrected chi connectivity index (χ1v) is 6.87. The summed E-state index contributed by atoms with van der Waals surface area (Å²) in [6.07, 6.45) is 1.81. The fourth-order valence-electron chi connectivity index (χ4n) is 2.58. The number of anilines is 1. The molecule has 2 heterocycles. The lowest BCUT2D eigenvalue weighted by Crippen LogP contribution is -2.01. The second-order valence-corrected chi connectivity index (χ2v) is 4.88. The standard InChI is InChI=1S/C17H14N2O2/c1-4-12(17-16(8-1)20-11-21-17)10-19-15-7-2-6-14-13(15)5-3-9-18-14/h1-9,19H,10-11H2. The van der Waals surface area contributed by atoms with E-state index in [9.17, 15) is 0 Å². The van der Waals surface area contributed by atoms with Crippen LogP contribution in [-0.4, -0.2) is 11.8 Å². The van der Waals surface area contributed by atoms with Crippen molar-refractivity contribution in [2.45, 2.75) is 6.54 Å². The maximum Gasteiger partial charge on any atom is 0.231 e. The van der Waals surface area contributed by atoms with Crippen molar-refractivity contribution < 1.29 is 9.47 Å². The summed E-state index contributed by atoms with van der Waals surface area (Å²) in [5.74, 6) is 1.65. The van der Waals surface area contributed by atoms with Crippen LogP contribution in [0.5, 0.6) is 11.5 Å². The lowest BCUT2D eigenvalue weighted by atomic mass is 10.1. The molecule has 0 bridgehead atoms. The highest BCUT2D eigenvalue weighted by atomic mass is 16.7. The minimum absolute atomic E-state index is 0.296. The summed E-state index contributed by atoms with van der Waals surface area (Å²) in [6, 6.07) is 16.0. The Kier molecular flexibility index (Phi) is 2.85. The number of aromatic nitrogens is 1. The van der Waals surface area contributed by atoms with Crippen LogP contribution in [0.3, 0.4) is 0 Å². The Morgan fingerprint density at radius 2 is 1.95 bits per heavy atom. The Balaban J connectivity index is 1.63. The minimum atomic E-state index is 0.296. The van der Waals surface area contributed by atoms with E-state index < -0.39 is 0 Å². The molecule has 0 unspecified atom stereocenters. The van der Waals surface area contributed by atoms with Crippen molar-refractivity contribution in [2.75, 3.05) is 12.1 Å². The maximum atomic E-state index is 5.53. The Labute approximate surface area is 122 Å². The van der Waals surface area contributed by atoms with E-state index in [1.807, 2.05) is 36.4 Å². The molecule has 0 aliphatic carbocycles. The number of benzene rings is 2. The van der Waals surface area contributed by atoms with E-state index in [1.54, 1.807) is 6.20 Å². The summed E-state index contributed by atoms with van der Waals surface area (Å²) in [5.41, 5.74) is 3.14. The van der Waals surface area contributed by atoms with E-state index in [0.29, 0.717) is 13.3 Å². The third-order valence-corrected chi connectivity index (χ3v) is 3.59. The first-order valence-electron chi connectivity index (χ1n) is 6.87. The molecule has 1 aliphatic rings. The molecule has 0 saturated carbocycles. The van der Waals surface area contributed by atoms with Crippen LogP contribution in [0.4, 0.5) is 5.69 Å². The van der Waals surface area contributed by atoms with Crippen LogP contribution in [0.1, 0.15) is 5.56 Å². The molecule has 104 valence electrons. The smallest absolute Gasteiger partial charge is 0.231 e. The number of rotatable bonds is 3. The van der Waals surface area contributed by atoms with Crippen LogP contribution in [0.15, 0.2) is 54.7 Å². The van der Waals surface area contributed by atoms with Crippen molar-refractivity contribution in [1.29, 1.82) is 0 Å². The summed E-state index contributed by atoms with van der Waals surface area (Å²) in [4.78, 5) is 4.37. The largest absolute Gasteiger partial charge is 0.454 e. The van der Waals surface area contributed by atoms with Gasteiger partial charge in [-0.2, -0.15) is 0 Å². The fourth-order valence-corrected chi connectivity index (χ4v) is 2.58. The molecule has 0 saturated heterocycles. The monoisotopic (exact) mass is 278 g/mol. The van der Waals surface area contributed by atoms with Gasteiger partial charge in [0.05, 0.1) is 5.52 Å². The molecule has 1 N–H and O–H groups in total. The molecule has 4 nitrogen and oxygen atoms in total. The Hall–Kier alpha value is -2.75. The SMILES string of the molecule is c1cc(CNc2cccc3ncccc23)c2c(c1)OCO2. The average Bonchev–Trinajstić information content (AvgIpc) is 3.02. The number of para-hydroxylation sites is 1. The quantitative estimate of drug-likeness (QED) is 0.795. The molecule has 3 aromatic rings. The van der Waals surface area contributed by atoms with Crippen LogP contribution in [-0.2, 0) is 6.54 Å². The Bertz CT molecular complexity index is 796. The van der Waals surface area contributed by atoms with E-state index >= 15 is 0 Å². The zero-order chi connectivity index (χ0) is 14.1. The molecular formula is C17H14N2O2. The zero-order valence-electron chi connectivity index (χ0n) is 11.4. The number of ether oxygens (including phenoxy) is 2. The van der Waals surface area contributed by atoms with Crippen molar-refractivity contribution in [3.63, 3.8) is 0 Å². The molecule has 4 rings (SSSR count). The number of pyridine rings is 1. The first kappa shape index (κ1) is 12.0. The minimum Gasteiger partial charge on any atom is -0.454 e. The molecule has 4 heteroatoms. The highest BCUT2D eigenvalue weighted by Crippen LogP contribution is 2.35. The van der Waals surface area contributed by atoms with Gasteiger partial charge in [0.25, 0.3) is 0 Å². The van der Waals surface area contributed by atoms with Gasteiger partial charge < -0.3 is 14.8 Å². The van der Waals surface area contributed by atoms with E-state index in [-0.39, 0.29) is 0 Å². The van der Waals surface area contributed by atoms with Gasteiger partial charge in [-0.1, -0.05) is 18.2 Å². The molecule has 0 atom stereocenters. The highest BCUT2D eigenvalue weighted by Gasteiger charge is 2.16. The molecule has 21 heavy (non-hydrogen) atoms. The Morgan fingerprint density at radius 3 is 2.95 bits per heavy atom. The van der Waals surface area contributed by atoms with E-state index in [2.05, 4.69) is 22.4 Å². The number of hydrogen-bond donors (Lipinski definition) is 1. The van der Waals surface area contributed by atoms with Crippen LogP contribution >= 0.6 is 0 Å². The van der Waals surface area contributed by atoms with E-state index in [0.717, 1.165) is 33.7 Å². The number of nitrogens with one attached hydrogen (secondary N) is 1. The van der Waals surface area contributed by atoms with E-state index in [4.69, 9.17) is 9.47 Å². The molecule has 1 aromatic heterocycles. The molecule has 0 spiro atoms. The van der Waals surface area contributed by atoms with Crippen LogP contribution in [0.25, 0.3) is 10.9 Å². The second-order valence-electron chi connectivity index (χ2n) is 4.88. The topological polar surface area (TPSA) is 43.4 Å². The predicted octanol–water partition coefficient (Wildman–Crippen LogP) is 3.58. The first-order chi connectivity index (χ1) is 10.4. The summed E-state index contributed by atoms with van der Waals surface area (Å²) in [6.45, 7) is 0.977. The van der Waals surface area contributed by atoms with Crippen molar-refractivity contribution in [3.8, 4) is 11.5 Å². The fraction of sp³-hybridized carbons (Fsp3) is 0.118. The van der Waals surface area contributed by atoms with Gasteiger partial charge in [-0.15, -0.1) is 0 Å². The number of hydrogen-bond acceptors (Lipinski definition) is 4. The third-order valence-electron chi connectivity index (χ3n) is 3.59. The van der Waals surface area contributed by atoms with Crippen LogP contribution in [0, 0.1) is 0 Å². The van der Waals surface area contributed by atoms with Crippen molar-refractivity contribution in [1.82, 2.24) is 4.98 Å². The summed E-state index contributed by atoms with van der Waals surface area (Å²) in [7, 11) is 0. The highest BCUT2D eigenvalue weighted by molar-refractivity contribution is 5.91. The van der Waals surface area contributed by atoms with Gasteiger partial charge in [0.15, 0.2) is 11.5 Å².